The Balaban J connectivity index is 1.92. The molecule has 0 bridgehead atoms. The molecular formula is C19H31N3O4. The highest BCUT2D eigenvalue weighted by atomic mass is 16.7. The predicted octanol–water partition coefficient (Wildman–Crippen LogP) is 3.89. The van der Waals surface area contributed by atoms with Gasteiger partial charge in [0.25, 0.3) is 0 Å². The standard InChI is InChI=1S/C19H31N3O4/c1-19(2,3)21(12-13-24-4)22(23)20-26-18-11-8-16(14-18)15-6-9-17(25-5)10-7-15/h6-7,9-10,16,18H,8,11-14H2,1-5H3/t16-,18-/m1/s1. The summed E-state index contributed by atoms with van der Waals surface area (Å²) in [6, 6.07) is 8.14. The fourth-order valence-corrected chi connectivity index (χ4v) is 3.22. The molecule has 1 saturated carbocycles. The zero-order chi connectivity index (χ0) is 19.2. The van der Waals surface area contributed by atoms with E-state index >= 15 is 0 Å². The van der Waals surface area contributed by atoms with E-state index in [9.17, 15) is 5.21 Å². The van der Waals surface area contributed by atoms with Gasteiger partial charge in [0.2, 0.25) is 5.28 Å². The maximum absolute atomic E-state index is 12.4. The average molecular weight is 365 g/mol. The van der Waals surface area contributed by atoms with E-state index in [2.05, 4.69) is 17.4 Å². The number of hydrogen-bond acceptors (Lipinski definition) is 5. The Morgan fingerprint density at radius 3 is 2.46 bits per heavy atom. The van der Waals surface area contributed by atoms with Crippen molar-refractivity contribution in [2.24, 2.45) is 5.28 Å². The molecule has 1 aliphatic carbocycles. The van der Waals surface area contributed by atoms with Crippen LogP contribution in [0.15, 0.2) is 29.5 Å². The summed E-state index contributed by atoms with van der Waals surface area (Å²) in [6.07, 6.45) is 2.74. The van der Waals surface area contributed by atoms with Crippen LogP contribution in [0.2, 0.25) is 0 Å². The highest BCUT2D eigenvalue weighted by Gasteiger charge is 2.31. The highest BCUT2D eigenvalue weighted by molar-refractivity contribution is 5.29. The van der Waals surface area contributed by atoms with Crippen molar-refractivity contribution in [1.29, 1.82) is 0 Å². The summed E-state index contributed by atoms with van der Waals surface area (Å²) in [7, 11) is 3.28. The Hall–Kier alpha value is -2.02. The molecule has 0 radical (unpaired) electrons. The first kappa shape index (κ1) is 20.3. The minimum atomic E-state index is -0.367. The van der Waals surface area contributed by atoms with E-state index < -0.39 is 0 Å². The van der Waals surface area contributed by atoms with Crippen molar-refractivity contribution < 1.29 is 19.3 Å². The van der Waals surface area contributed by atoms with E-state index in [1.165, 1.54) is 5.56 Å². The van der Waals surface area contributed by atoms with Crippen LogP contribution in [-0.2, 0) is 9.57 Å². The van der Waals surface area contributed by atoms with Crippen LogP contribution in [0.4, 0.5) is 0 Å². The van der Waals surface area contributed by atoms with E-state index in [0.717, 1.165) is 25.0 Å². The van der Waals surface area contributed by atoms with Crippen LogP contribution in [0.1, 0.15) is 51.5 Å². The fourth-order valence-electron chi connectivity index (χ4n) is 3.22. The van der Waals surface area contributed by atoms with E-state index in [0.29, 0.717) is 24.0 Å². The molecule has 0 aliphatic heterocycles. The summed E-state index contributed by atoms with van der Waals surface area (Å²) >= 11 is 0. The zero-order valence-electron chi connectivity index (χ0n) is 16.5. The molecule has 7 heteroatoms. The minimum absolute atomic E-state index is 0.0391. The summed E-state index contributed by atoms with van der Waals surface area (Å²) < 4.78 is 10.3. The van der Waals surface area contributed by atoms with Crippen LogP contribution in [0.3, 0.4) is 0 Å². The monoisotopic (exact) mass is 365 g/mol. The van der Waals surface area contributed by atoms with Crippen molar-refractivity contribution in [3.8, 4) is 5.75 Å². The summed E-state index contributed by atoms with van der Waals surface area (Å²) in [4.78, 5) is 6.10. The second-order valence-electron chi connectivity index (χ2n) is 7.63. The third-order valence-electron chi connectivity index (χ3n) is 4.73. The first-order valence-corrected chi connectivity index (χ1v) is 9.09. The summed E-state index contributed by atoms with van der Waals surface area (Å²) in [5.41, 5.74) is 0.904. The fraction of sp³-hybridized carbons (Fsp3) is 0.684. The quantitative estimate of drug-likeness (QED) is 0.397. The lowest BCUT2D eigenvalue weighted by Gasteiger charge is -2.30. The summed E-state index contributed by atoms with van der Waals surface area (Å²) in [5.74, 6) is 1.28. The first-order valence-electron chi connectivity index (χ1n) is 9.09. The van der Waals surface area contributed by atoms with Crippen molar-refractivity contribution in [2.75, 3.05) is 27.4 Å². The van der Waals surface area contributed by atoms with Crippen molar-refractivity contribution in [3.05, 3.63) is 35.0 Å². The Morgan fingerprint density at radius 1 is 1.19 bits per heavy atom. The molecule has 1 aromatic rings. The predicted molar refractivity (Wildman–Crippen MR) is 98.8 cm³/mol. The van der Waals surface area contributed by atoms with Gasteiger partial charge in [0.05, 0.1) is 24.2 Å². The second-order valence-corrected chi connectivity index (χ2v) is 7.63. The summed E-state index contributed by atoms with van der Waals surface area (Å²) in [6.45, 7) is 6.78. The maximum atomic E-state index is 12.4. The van der Waals surface area contributed by atoms with E-state index in [1.54, 1.807) is 19.2 Å². The van der Waals surface area contributed by atoms with Gasteiger partial charge < -0.3 is 19.5 Å². The average Bonchev–Trinajstić information content (AvgIpc) is 3.08. The van der Waals surface area contributed by atoms with Crippen molar-refractivity contribution in [3.63, 3.8) is 0 Å². The van der Waals surface area contributed by atoms with Gasteiger partial charge in [-0.25, -0.2) is 0 Å². The SMILES string of the molecule is COCCN([N+]([O-])=NO[C@@H]1CC[C@@H](c2ccc(OC)cc2)C1)C(C)(C)C. The van der Waals surface area contributed by atoms with Crippen LogP contribution >= 0.6 is 0 Å². The second kappa shape index (κ2) is 9.07. The lowest BCUT2D eigenvalue weighted by atomic mass is 9.98. The molecule has 0 unspecified atom stereocenters. The molecule has 7 nitrogen and oxygen atoms in total. The normalized spacial score (nSPS) is 20.9. The van der Waals surface area contributed by atoms with E-state index in [-0.39, 0.29) is 11.6 Å². The first-order chi connectivity index (χ1) is 12.3. The maximum Gasteiger partial charge on any atom is 0.233 e. The molecule has 146 valence electrons. The Morgan fingerprint density at radius 2 is 1.88 bits per heavy atom. The molecule has 2 atom stereocenters. The Labute approximate surface area is 156 Å². The van der Waals surface area contributed by atoms with E-state index in [1.807, 2.05) is 32.9 Å². The van der Waals surface area contributed by atoms with Gasteiger partial charge in [-0.1, -0.05) is 12.1 Å². The highest BCUT2D eigenvalue weighted by Crippen LogP contribution is 2.36. The summed E-state index contributed by atoms with van der Waals surface area (Å²) in [5, 5.41) is 17.8. The number of ether oxygens (including phenoxy) is 2. The third-order valence-corrected chi connectivity index (χ3v) is 4.73. The number of hydrogen-bond donors (Lipinski definition) is 0. The molecular weight excluding hydrogens is 334 g/mol. The lowest BCUT2D eigenvalue weighted by molar-refractivity contribution is -0.726. The Bertz CT molecular complexity index is 583. The van der Waals surface area contributed by atoms with Crippen LogP contribution < -0.4 is 4.74 Å². The van der Waals surface area contributed by atoms with Gasteiger partial charge in [-0.2, -0.15) is 0 Å². The van der Waals surface area contributed by atoms with Crippen LogP contribution in [0.5, 0.6) is 5.75 Å². The van der Waals surface area contributed by atoms with Crippen LogP contribution in [0.25, 0.3) is 0 Å². The lowest BCUT2D eigenvalue weighted by Crippen LogP contribution is -2.47. The van der Waals surface area contributed by atoms with Crippen molar-refractivity contribution in [2.45, 2.75) is 57.6 Å². The molecule has 1 aromatic carbocycles. The molecule has 0 spiro atoms. The van der Waals surface area contributed by atoms with Gasteiger partial charge in [-0.15, -0.1) is 5.01 Å². The minimum Gasteiger partial charge on any atom is -0.569 e. The smallest absolute Gasteiger partial charge is 0.233 e. The topological polar surface area (TPSA) is 69.4 Å². The molecule has 1 fully saturated rings. The zero-order valence-corrected chi connectivity index (χ0v) is 16.5. The van der Waals surface area contributed by atoms with Crippen LogP contribution in [0, 0.1) is 5.21 Å². The number of hydrazine groups is 1. The largest absolute Gasteiger partial charge is 0.569 e. The third kappa shape index (κ3) is 5.49. The van der Waals surface area contributed by atoms with Gasteiger partial charge in [0.15, 0.2) is 0 Å². The number of rotatable bonds is 8. The van der Waals surface area contributed by atoms with Gasteiger partial charge >= 0.3 is 0 Å². The molecule has 26 heavy (non-hydrogen) atoms. The van der Waals surface area contributed by atoms with Crippen molar-refractivity contribution >= 4 is 0 Å². The molecule has 2 rings (SSSR count). The Kier molecular flexibility index (Phi) is 7.08. The van der Waals surface area contributed by atoms with Gasteiger partial charge in [-0.3, -0.25) is 0 Å². The van der Waals surface area contributed by atoms with Crippen LogP contribution in [-0.4, -0.2) is 49.0 Å². The molecule has 0 aromatic heterocycles. The van der Waals surface area contributed by atoms with E-state index in [4.69, 9.17) is 14.3 Å². The molecule has 0 amide bonds. The molecule has 1 aliphatic rings. The van der Waals surface area contributed by atoms with Gasteiger partial charge in [0.1, 0.15) is 18.4 Å². The molecule has 0 heterocycles. The van der Waals surface area contributed by atoms with Gasteiger partial charge in [0, 0.05) is 7.11 Å². The molecule has 0 saturated heterocycles. The van der Waals surface area contributed by atoms with Crippen molar-refractivity contribution in [1.82, 2.24) is 5.01 Å². The number of benzene rings is 1. The number of nitrogens with zero attached hydrogens (tertiary/aromatic N) is 3. The molecule has 0 N–H and O–H groups in total. The number of methoxy groups -OCH3 is 2. The van der Waals surface area contributed by atoms with Gasteiger partial charge in [-0.05, 0) is 63.6 Å².